The van der Waals surface area contributed by atoms with Crippen molar-refractivity contribution >= 4 is 5.82 Å². The fourth-order valence-corrected chi connectivity index (χ4v) is 3.58. The maximum absolute atomic E-state index is 6.10. The number of ether oxygens (including phenoxy) is 1. The Morgan fingerprint density at radius 2 is 2.00 bits per heavy atom. The number of anilines is 1. The second kappa shape index (κ2) is 8.27. The van der Waals surface area contributed by atoms with Crippen molar-refractivity contribution < 1.29 is 4.74 Å². The summed E-state index contributed by atoms with van der Waals surface area (Å²) in [5.74, 6) is 1.96. The van der Waals surface area contributed by atoms with Crippen LogP contribution in [0, 0.1) is 12.8 Å². The first-order valence-electron chi connectivity index (χ1n) is 9.46. The summed E-state index contributed by atoms with van der Waals surface area (Å²) in [6, 6.07) is 16.4. The summed E-state index contributed by atoms with van der Waals surface area (Å²) < 4.78 is 6.10. The van der Waals surface area contributed by atoms with Crippen molar-refractivity contribution in [3.8, 4) is 11.4 Å². The highest BCUT2D eigenvalue weighted by atomic mass is 16.5. The molecule has 2 unspecified atom stereocenters. The molecule has 0 radical (unpaired) electrons. The second-order valence-corrected chi connectivity index (χ2v) is 6.95. The van der Waals surface area contributed by atoms with Crippen molar-refractivity contribution in [2.45, 2.75) is 25.9 Å². The maximum atomic E-state index is 6.10. The van der Waals surface area contributed by atoms with Crippen LogP contribution in [0.4, 0.5) is 5.82 Å². The first-order valence-corrected chi connectivity index (χ1v) is 9.46. The molecule has 0 saturated carbocycles. The number of pyridine rings is 1. The van der Waals surface area contributed by atoms with Crippen molar-refractivity contribution in [2.24, 2.45) is 5.92 Å². The fourth-order valence-electron chi connectivity index (χ4n) is 3.58. The van der Waals surface area contributed by atoms with Crippen molar-refractivity contribution in [3.05, 3.63) is 72.2 Å². The van der Waals surface area contributed by atoms with Crippen LogP contribution in [0.2, 0.25) is 0 Å². The van der Waals surface area contributed by atoms with Crippen LogP contribution in [0.5, 0.6) is 0 Å². The zero-order chi connectivity index (χ0) is 18.5. The Labute approximate surface area is 159 Å². The van der Waals surface area contributed by atoms with Crippen LogP contribution in [0.3, 0.4) is 0 Å². The normalized spacial score (nSPS) is 19.6. The average Bonchev–Trinajstić information content (AvgIpc) is 2.73. The van der Waals surface area contributed by atoms with Crippen LogP contribution < -0.4 is 5.32 Å². The SMILES string of the molecule is Cc1cc(NCC2CCCOC2c2ccccc2)nc(-c2cccnc2)n1. The Morgan fingerprint density at radius 3 is 2.81 bits per heavy atom. The van der Waals surface area contributed by atoms with Gasteiger partial charge in [0.25, 0.3) is 0 Å². The van der Waals surface area contributed by atoms with Crippen LogP contribution in [0.15, 0.2) is 60.9 Å². The lowest BCUT2D eigenvalue weighted by molar-refractivity contribution is -0.0238. The average molecular weight is 360 g/mol. The summed E-state index contributed by atoms with van der Waals surface area (Å²) >= 11 is 0. The third kappa shape index (κ3) is 4.31. The van der Waals surface area contributed by atoms with E-state index in [0.717, 1.165) is 43.1 Å². The molecule has 5 nitrogen and oxygen atoms in total. The number of hydrogen-bond donors (Lipinski definition) is 1. The quantitative estimate of drug-likeness (QED) is 0.729. The van der Waals surface area contributed by atoms with Gasteiger partial charge < -0.3 is 10.1 Å². The van der Waals surface area contributed by atoms with E-state index >= 15 is 0 Å². The number of aromatic nitrogens is 3. The highest BCUT2D eigenvalue weighted by Gasteiger charge is 2.27. The van der Waals surface area contributed by atoms with Gasteiger partial charge in [-0.2, -0.15) is 0 Å². The van der Waals surface area contributed by atoms with Crippen molar-refractivity contribution in [2.75, 3.05) is 18.5 Å². The van der Waals surface area contributed by atoms with E-state index in [-0.39, 0.29) is 6.10 Å². The zero-order valence-electron chi connectivity index (χ0n) is 15.5. The number of nitrogens with one attached hydrogen (secondary N) is 1. The van der Waals surface area contributed by atoms with E-state index in [2.05, 4.69) is 44.5 Å². The first-order chi connectivity index (χ1) is 13.3. The van der Waals surface area contributed by atoms with Gasteiger partial charge in [-0.05, 0) is 37.5 Å². The van der Waals surface area contributed by atoms with E-state index in [1.807, 2.05) is 31.2 Å². The summed E-state index contributed by atoms with van der Waals surface area (Å²) in [5.41, 5.74) is 3.11. The topological polar surface area (TPSA) is 59.9 Å². The van der Waals surface area contributed by atoms with Crippen LogP contribution in [0.25, 0.3) is 11.4 Å². The minimum atomic E-state index is 0.133. The van der Waals surface area contributed by atoms with Gasteiger partial charge in [0.1, 0.15) is 5.82 Å². The van der Waals surface area contributed by atoms with Gasteiger partial charge in [-0.3, -0.25) is 4.98 Å². The van der Waals surface area contributed by atoms with Gasteiger partial charge in [-0.1, -0.05) is 30.3 Å². The highest BCUT2D eigenvalue weighted by Crippen LogP contribution is 2.33. The molecule has 3 heterocycles. The molecule has 1 aliphatic heterocycles. The molecule has 27 heavy (non-hydrogen) atoms. The molecule has 3 aromatic rings. The zero-order valence-corrected chi connectivity index (χ0v) is 15.5. The van der Waals surface area contributed by atoms with Gasteiger partial charge in [0.05, 0.1) is 6.10 Å². The lowest BCUT2D eigenvalue weighted by Gasteiger charge is -2.32. The number of hydrogen-bond acceptors (Lipinski definition) is 5. The number of rotatable bonds is 5. The van der Waals surface area contributed by atoms with Gasteiger partial charge in [-0.25, -0.2) is 9.97 Å². The molecule has 2 atom stereocenters. The molecular formula is C22H24N4O. The standard InChI is InChI=1S/C22H24N4O/c1-16-13-20(26-22(25-16)19-9-5-11-23-14-19)24-15-18-10-6-12-27-21(18)17-7-3-2-4-8-17/h2-5,7-9,11,13-14,18,21H,6,10,12,15H2,1H3,(H,24,25,26). The molecule has 2 aromatic heterocycles. The third-order valence-electron chi connectivity index (χ3n) is 4.89. The highest BCUT2D eigenvalue weighted by molar-refractivity contribution is 5.56. The van der Waals surface area contributed by atoms with Crippen LogP contribution in [-0.4, -0.2) is 28.1 Å². The van der Waals surface area contributed by atoms with Crippen LogP contribution >= 0.6 is 0 Å². The van der Waals surface area contributed by atoms with E-state index in [1.165, 1.54) is 5.56 Å². The van der Waals surface area contributed by atoms with E-state index < -0.39 is 0 Å². The van der Waals surface area contributed by atoms with Gasteiger partial charge in [0, 0.05) is 48.8 Å². The first kappa shape index (κ1) is 17.6. The lowest BCUT2D eigenvalue weighted by atomic mass is 9.89. The molecular weight excluding hydrogens is 336 g/mol. The van der Waals surface area contributed by atoms with E-state index in [9.17, 15) is 0 Å². The molecule has 0 bridgehead atoms. The molecule has 0 aliphatic carbocycles. The molecule has 5 heteroatoms. The van der Waals surface area contributed by atoms with E-state index in [4.69, 9.17) is 4.74 Å². The summed E-state index contributed by atoms with van der Waals surface area (Å²) in [6.45, 7) is 3.64. The Hall–Kier alpha value is -2.79. The van der Waals surface area contributed by atoms with Gasteiger partial charge in [0.15, 0.2) is 5.82 Å². The van der Waals surface area contributed by atoms with Crippen LogP contribution in [-0.2, 0) is 4.74 Å². The number of benzene rings is 1. The molecule has 1 aliphatic rings. The number of aryl methyl sites for hydroxylation is 1. The minimum absolute atomic E-state index is 0.133. The third-order valence-corrected chi connectivity index (χ3v) is 4.89. The number of nitrogens with zero attached hydrogens (tertiary/aromatic N) is 3. The minimum Gasteiger partial charge on any atom is -0.373 e. The Balaban J connectivity index is 1.50. The predicted molar refractivity (Wildman–Crippen MR) is 106 cm³/mol. The van der Waals surface area contributed by atoms with Crippen LogP contribution in [0.1, 0.15) is 30.2 Å². The maximum Gasteiger partial charge on any atom is 0.163 e. The Morgan fingerprint density at radius 1 is 1.11 bits per heavy atom. The van der Waals surface area contributed by atoms with Crippen molar-refractivity contribution in [1.82, 2.24) is 15.0 Å². The molecule has 1 fully saturated rings. The largest absolute Gasteiger partial charge is 0.373 e. The lowest BCUT2D eigenvalue weighted by Crippen LogP contribution is -2.28. The van der Waals surface area contributed by atoms with Crippen molar-refractivity contribution in [3.63, 3.8) is 0 Å². The van der Waals surface area contributed by atoms with Gasteiger partial charge in [-0.15, -0.1) is 0 Å². The van der Waals surface area contributed by atoms with E-state index in [0.29, 0.717) is 11.7 Å². The van der Waals surface area contributed by atoms with Gasteiger partial charge >= 0.3 is 0 Å². The predicted octanol–water partition coefficient (Wildman–Crippen LogP) is 4.43. The summed E-state index contributed by atoms with van der Waals surface area (Å²) in [5, 5.41) is 3.51. The van der Waals surface area contributed by atoms with E-state index in [1.54, 1.807) is 12.4 Å². The molecule has 0 amide bonds. The Kier molecular flexibility index (Phi) is 5.39. The second-order valence-electron chi connectivity index (χ2n) is 6.95. The molecule has 1 N–H and O–H groups in total. The fraction of sp³-hybridized carbons (Fsp3) is 0.318. The summed E-state index contributed by atoms with van der Waals surface area (Å²) in [6.07, 6.45) is 5.92. The van der Waals surface area contributed by atoms with Crippen molar-refractivity contribution in [1.29, 1.82) is 0 Å². The molecule has 138 valence electrons. The smallest absolute Gasteiger partial charge is 0.163 e. The molecule has 1 aromatic carbocycles. The van der Waals surface area contributed by atoms with Gasteiger partial charge in [0.2, 0.25) is 0 Å². The monoisotopic (exact) mass is 360 g/mol. The molecule has 4 rings (SSSR count). The summed E-state index contributed by atoms with van der Waals surface area (Å²) in [4.78, 5) is 13.4. The Bertz CT molecular complexity index is 870. The molecule has 0 spiro atoms. The molecule has 1 saturated heterocycles. The summed E-state index contributed by atoms with van der Waals surface area (Å²) in [7, 11) is 0.